The summed E-state index contributed by atoms with van der Waals surface area (Å²) in [5.74, 6) is 0.952. The molecule has 2 aromatic rings. The van der Waals surface area contributed by atoms with E-state index < -0.39 is 5.63 Å². The van der Waals surface area contributed by atoms with Gasteiger partial charge in [-0.05, 0) is 24.3 Å². The van der Waals surface area contributed by atoms with E-state index in [2.05, 4.69) is 13.8 Å². The molecule has 4 nitrogen and oxygen atoms in total. The molecule has 0 N–H and O–H groups in total. The van der Waals surface area contributed by atoms with Gasteiger partial charge in [-0.2, -0.15) is 0 Å². The normalized spacial score (nSPS) is 22.5. The Bertz CT molecular complexity index is 724. The third-order valence-electron chi connectivity index (χ3n) is 4.11. The van der Waals surface area contributed by atoms with Crippen LogP contribution in [0.2, 0.25) is 0 Å². The van der Waals surface area contributed by atoms with Gasteiger partial charge in [0, 0.05) is 18.5 Å². The largest absolute Gasteiger partial charge is 0.430 e. The van der Waals surface area contributed by atoms with Gasteiger partial charge in [-0.3, -0.25) is 4.79 Å². The molecule has 110 valence electrons. The first-order valence-electron chi connectivity index (χ1n) is 7.36. The maximum absolute atomic E-state index is 12.8. The van der Waals surface area contributed by atoms with Gasteiger partial charge in [0.2, 0.25) is 0 Å². The van der Waals surface area contributed by atoms with Gasteiger partial charge < -0.3 is 9.32 Å². The molecule has 4 heteroatoms. The first kappa shape index (κ1) is 13.9. The number of rotatable bonds is 1. The fraction of sp³-hybridized carbons (Fsp3) is 0.412. The molecular formula is C17H19NO3. The number of carbonyl (C=O) groups excluding carboxylic acids is 1. The first-order chi connectivity index (χ1) is 10.1. The van der Waals surface area contributed by atoms with E-state index in [1.54, 1.807) is 18.2 Å². The fourth-order valence-electron chi connectivity index (χ4n) is 3.30. The Balaban J connectivity index is 2.02. The smallest absolute Gasteiger partial charge is 0.343 e. The van der Waals surface area contributed by atoms with Crippen LogP contribution in [-0.2, 0) is 0 Å². The van der Waals surface area contributed by atoms with Crippen LogP contribution in [0.5, 0.6) is 0 Å². The second-order valence-corrected chi connectivity index (χ2v) is 6.14. The Morgan fingerprint density at radius 3 is 2.43 bits per heavy atom. The fourth-order valence-corrected chi connectivity index (χ4v) is 3.30. The van der Waals surface area contributed by atoms with Gasteiger partial charge in [0.25, 0.3) is 5.91 Å². The van der Waals surface area contributed by atoms with E-state index in [1.165, 1.54) is 6.26 Å². The second-order valence-electron chi connectivity index (χ2n) is 6.14. The summed E-state index contributed by atoms with van der Waals surface area (Å²) in [6.45, 7) is 5.85. The summed E-state index contributed by atoms with van der Waals surface area (Å²) in [6.07, 6.45) is 2.45. The number of likely N-dealkylation sites (tertiary alicyclic amines) is 1. The summed E-state index contributed by atoms with van der Waals surface area (Å²) in [4.78, 5) is 26.4. The molecule has 1 fully saturated rings. The van der Waals surface area contributed by atoms with E-state index in [0.29, 0.717) is 28.2 Å². The molecule has 0 aliphatic carbocycles. The lowest BCUT2D eigenvalue weighted by Crippen LogP contribution is -2.42. The summed E-state index contributed by atoms with van der Waals surface area (Å²) in [6, 6.07) is 7.11. The summed E-state index contributed by atoms with van der Waals surface area (Å²) in [5, 5.41) is 1.13. The average molecular weight is 285 g/mol. The lowest BCUT2D eigenvalue weighted by molar-refractivity contribution is 0.0622. The molecule has 1 amide bonds. The third-order valence-corrected chi connectivity index (χ3v) is 4.11. The molecule has 1 saturated heterocycles. The van der Waals surface area contributed by atoms with Crippen LogP contribution in [0, 0.1) is 11.8 Å². The maximum atomic E-state index is 12.8. The van der Waals surface area contributed by atoms with Gasteiger partial charge in [0.05, 0.1) is 10.9 Å². The van der Waals surface area contributed by atoms with Gasteiger partial charge in [0.1, 0.15) is 6.26 Å². The minimum Gasteiger partial charge on any atom is -0.430 e. The van der Waals surface area contributed by atoms with Crippen molar-refractivity contribution in [3.8, 4) is 0 Å². The van der Waals surface area contributed by atoms with E-state index in [4.69, 9.17) is 4.42 Å². The SMILES string of the molecule is C[C@@H]1C[C@@H](C)CN(C(=O)c2coc(=O)c3ccccc23)C1. The van der Waals surface area contributed by atoms with Crippen molar-refractivity contribution < 1.29 is 9.21 Å². The predicted octanol–water partition coefficient (Wildman–Crippen LogP) is 2.91. The van der Waals surface area contributed by atoms with Crippen LogP contribution in [0.4, 0.5) is 0 Å². The molecule has 1 aliphatic heterocycles. The highest BCUT2D eigenvalue weighted by atomic mass is 16.4. The molecule has 0 bridgehead atoms. The van der Waals surface area contributed by atoms with Crippen molar-refractivity contribution in [1.82, 2.24) is 4.90 Å². The number of benzene rings is 1. The van der Waals surface area contributed by atoms with Crippen LogP contribution in [-0.4, -0.2) is 23.9 Å². The van der Waals surface area contributed by atoms with Crippen molar-refractivity contribution in [3.63, 3.8) is 0 Å². The van der Waals surface area contributed by atoms with E-state index in [1.807, 2.05) is 11.0 Å². The van der Waals surface area contributed by atoms with E-state index >= 15 is 0 Å². The van der Waals surface area contributed by atoms with Crippen LogP contribution >= 0.6 is 0 Å². The third kappa shape index (κ3) is 2.58. The summed E-state index contributed by atoms with van der Waals surface area (Å²) >= 11 is 0. The van der Waals surface area contributed by atoms with E-state index in [-0.39, 0.29) is 5.91 Å². The molecule has 1 aliphatic rings. The molecular weight excluding hydrogens is 266 g/mol. The molecule has 21 heavy (non-hydrogen) atoms. The minimum absolute atomic E-state index is 0.0478. The van der Waals surface area contributed by atoms with Gasteiger partial charge in [-0.25, -0.2) is 4.79 Å². The van der Waals surface area contributed by atoms with Crippen molar-refractivity contribution in [1.29, 1.82) is 0 Å². The average Bonchev–Trinajstić information content (AvgIpc) is 2.46. The molecule has 0 unspecified atom stereocenters. The maximum Gasteiger partial charge on any atom is 0.343 e. The van der Waals surface area contributed by atoms with Crippen molar-refractivity contribution in [2.75, 3.05) is 13.1 Å². The lowest BCUT2D eigenvalue weighted by atomic mass is 9.91. The standard InChI is InChI=1S/C17H19NO3/c1-11-7-12(2)9-18(8-11)16(19)15-10-21-17(20)14-6-4-3-5-13(14)15/h3-6,10-12H,7-9H2,1-2H3/t11-,12-/m1/s1. The van der Waals surface area contributed by atoms with E-state index in [9.17, 15) is 9.59 Å². The quantitative estimate of drug-likeness (QED) is 0.809. The summed E-state index contributed by atoms with van der Waals surface area (Å²) < 4.78 is 5.03. The molecule has 2 heterocycles. The first-order valence-corrected chi connectivity index (χ1v) is 7.36. The number of fused-ring (bicyclic) bond motifs is 1. The van der Waals surface area contributed by atoms with Crippen LogP contribution in [0.1, 0.15) is 30.6 Å². The van der Waals surface area contributed by atoms with E-state index in [0.717, 1.165) is 19.5 Å². The minimum atomic E-state index is -0.400. The van der Waals surface area contributed by atoms with Crippen molar-refractivity contribution in [2.45, 2.75) is 20.3 Å². The molecule has 0 spiro atoms. The van der Waals surface area contributed by atoms with Gasteiger partial charge >= 0.3 is 5.63 Å². The van der Waals surface area contributed by atoms with Crippen LogP contribution in [0.25, 0.3) is 10.8 Å². The van der Waals surface area contributed by atoms with Crippen LogP contribution in [0.15, 0.2) is 39.7 Å². The molecule has 1 aromatic heterocycles. The summed E-state index contributed by atoms with van der Waals surface area (Å²) in [5.41, 5.74) is 0.0778. The summed E-state index contributed by atoms with van der Waals surface area (Å²) in [7, 11) is 0. The highest BCUT2D eigenvalue weighted by Crippen LogP contribution is 2.24. The lowest BCUT2D eigenvalue weighted by Gasteiger charge is -2.35. The Labute approximate surface area is 123 Å². The topological polar surface area (TPSA) is 50.5 Å². The van der Waals surface area contributed by atoms with Crippen LogP contribution < -0.4 is 5.63 Å². The highest BCUT2D eigenvalue weighted by Gasteiger charge is 2.27. The molecule has 0 radical (unpaired) electrons. The van der Waals surface area contributed by atoms with Crippen molar-refractivity contribution in [3.05, 3.63) is 46.5 Å². The monoisotopic (exact) mass is 285 g/mol. The zero-order chi connectivity index (χ0) is 15.0. The van der Waals surface area contributed by atoms with Crippen LogP contribution in [0.3, 0.4) is 0 Å². The van der Waals surface area contributed by atoms with Gasteiger partial charge in [-0.15, -0.1) is 0 Å². The number of hydrogen-bond acceptors (Lipinski definition) is 3. The van der Waals surface area contributed by atoms with Crippen molar-refractivity contribution in [2.24, 2.45) is 11.8 Å². The number of carbonyl (C=O) groups is 1. The molecule has 0 saturated carbocycles. The zero-order valence-electron chi connectivity index (χ0n) is 12.3. The Morgan fingerprint density at radius 1 is 1.14 bits per heavy atom. The number of piperidine rings is 1. The second kappa shape index (κ2) is 5.35. The van der Waals surface area contributed by atoms with Crippen molar-refractivity contribution >= 4 is 16.7 Å². The highest BCUT2D eigenvalue weighted by molar-refractivity contribution is 6.06. The van der Waals surface area contributed by atoms with Gasteiger partial charge in [0.15, 0.2) is 0 Å². The Morgan fingerprint density at radius 2 is 1.76 bits per heavy atom. The number of amides is 1. The molecule has 2 atom stereocenters. The molecule has 3 rings (SSSR count). The zero-order valence-corrected chi connectivity index (χ0v) is 12.3. The Hall–Kier alpha value is -2.10. The number of hydrogen-bond donors (Lipinski definition) is 0. The predicted molar refractivity (Wildman–Crippen MR) is 81.3 cm³/mol. The number of nitrogens with zero attached hydrogens (tertiary/aromatic N) is 1. The Kier molecular flexibility index (Phi) is 3.53. The molecule has 1 aromatic carbocycles. The van der Waals surface area contributed by atoms with Gasteiger partial charge in [-0.1, -0.05) is 32.0 Å².